The van der Waals surface area contributed by atoms with Crippen LogP contribution in [0.4, 0.5) is 0 Å². The zero-order valence-corrected chi connectivity index (χ0v) is 19.3. The molecular formula is C22H40OSn. The van der Waals surface area contributed by atoms with E-state index in [0.717, 1.165) is 5.75 Å². The van der Waals surface area contributed by atoms with Gasteiger partial charge in [0.15, 0.2) is 0 Å². The molecule has 1 nitrogen and oxygen atoms in total. The van der Waals surface area contributed by atoms with E-state index in [2.05, 4.69) is 51.1 Å². The van der Waals surface area contributed by atoms with Crippen molar-refractivity contribution in [3.05, 3.63) is 30.3 Å². The molecule has 0 bridgehead atoms. The van der Waals surface area contributed by atoms with Gasteiger partial charge in [-0.15, -0.1) is 0 Å². The molecule has 1 rings (SSSR count). The molecule has 0 unspecified atom stereocenters. The molecule has 0 fully saturated rings. The van der Waals surface area contributed by atoms with E-state index in [0.29, 0.717) is 0 Å². The molecule has 0 aliphatic carbocycles. The molecule has 0 radical (unpaired) electrons. The third kappa shape index (κ3) is 9.34. The standard InChI is InChI=1S/C12H25.C6H6O.2C2H5.Sn/c1-3-5-7-9-11-12-10-8-6-4-2;7-6-4-2-1-3-5-6;2*1-2;/h1,3-12H2,2H3;1-5,7H;2*1H2,2H3;/q;;;;+1/p-1. The second-order valence-electron chi connectivity index (χ2n) is 7.24. The van der Waals surface area contributed by atoms with Crippen molar-refractivity contribution in [3.8, 4) is 5.75 Å². The summed E-state index contributed by atoms with van der Waals surface area (Å²) in [6, 6.07) is 10.5. The second-order valence-corrected chi connectivity index (χ2v) is 20.0. The van der Waals surface area contributed by atoms with Gasteiger partial charge in [0.05, 0.1) is 0 Å². The van der Waals surface area contributed by atoms with Crippen LogP contribution in [0.15, 0.2) is 30.3 Å². The maximum absolute atomic E-state index is 6.59. The van der Waals surface area contributed by atoms with Crippen LogP contribution in [0, 0.1) is 0 Å². The molecule has 0 spiro atoms. The molecule has 0 aromatic heterocycles. The second kappa shape index (κ2) is 14.0. The Hall–Kier alpha value is -0.181. The molecule has 0 atom stereocenters. The first-order chi connectivity index (χ1) is 11.8. The summed E-state index contributed by atoms with van der Waals surface area (Å²) >= 11 is -2.40. The molecule has 0 amide bonds. The van der Waals surface area contributed by atoms with E-state index in [4.69, 9.17) is 3.07 Å². The average molecular weight is 439 g/mol. The topological polar surface area (TPSA) is 9.23 Å². The number of hydrogen-bond donors (Lipinski definition) is 0. The van der Waals surface area contributed by atoms with E-state index in [9.17, 15) is 0 Å². The van der Waals surface area contributed by atoms with Gasteiger partial charge >= 0.3 is 156 Å². The summed E-state index contributed by atoms with van der Waals surface area (Å²) in [7, 11) is 0. The number of unbranched alkanes of at least 4 members (excludes halogenated alkanes) is 9. The summed E-state index contributed by atoms with van der Waals surface area (Å²) in [4.78, 5) is 0. The fraction of sp³-hybridized carbons (Fsp3) is 0.727. The van der Waals surface area contributed by atoms with Gasteiger partial charge in [-0.25, -0.2) is 0 Å². The zero-order chi connectivity index (χ0) is 17.5. The van der Waals surface area contributed by atoms with Gasteiger partial charge in [-0.2, -0.15) is 0 Å². The molecule has 0 saturated carbocycles. The molecule has 1 aromatic rings. The molecule has 24 heavy (non-hydrogen) atoms. The first kappa shape index (κ1) is 21.9. The fourth-order valence-corrected chi connectivity index (χ4v) is 12.4. The molecule has 0 saturated heterocycles. The molecule has 1 aromatic carbocycles. The molecule has 0 aliphatic rings. The molecule has 0 aliphatic heterocycles. The Kier molecular flexibility index (Phi) is 12.8. The summed E-state index contributed by atoms with van der Waals surface area (Å²) < 4.78 is 10.6. The third-order valence-corrected chi connectivity index (χ3v) is 18.2. The summed E-state index contributed by atoms with van der Waals surface area (Å²) in [6.07, 6.45) is 14.2. The van der Waals surface area contributed by atoms with Crippen molar-refractivity contribution in [2.24, 2.45) is 0 Å². The van der Waals surface area contributed by atoms with Gasteiger partial charge in [-0.05, 0) is 0 Å². The van der Waals surface area contributed by atoms with Crippen LogP contribution >= 0.6 is 0 Å². The number of hydrogen-bond acceptors (Lipinski definition) is 1. The van der Waals surface area contributed by atoms with Crippen LogP contribution in [-0.2, 0) is 0 Å². The Morgan fingerprint density at radius 2 is 1.17 bits per heavy atom. The van der Waals surface area contributed by atoms with E-state index in [-0.39, 0.29) is 0 Å². The van der Waals surface area contributed by atoms with Gasteiger partial charge in [0.1, 0.15) is 0 Å². The Labute approximate surface area is 156 Å². The van der Waals surface area contributed by atoms with Crippen LogP contribution in [0.1, 0.15) is 85.0 Å². The van der Waals surface area contributed by atoms with Gasteiger partial charge < -0.3 is 0 Å². The quantitative estimate of drug-likeness (QED) is 0.199. The van der Waals surface area contributed by atoms with E-state index < -0.39 is 18.8 Å². The fourth-order valence-electron chi connectivity index (χ4n) is 3.47. The first-order valence-electron chi connectivity index (χ1n) is 10.5. The molecule has 0 heterocycles. The predicted octanol–water partition coefficient (Wildman–Crippen LogP) is 7.97. The van der Waals surface area contributed by atoms with Crippen molar-refractivity contribution in [3.63, 3.8) is 0 Å². The van der Waals surface area contributed by atoms with Gasteiger partial charge in [-0.1, -0.05) is 0 Å². The van der Waals surface area contributed by atoms with Crippen LogP contribution in [0.5, 0.6) is 5.75 Å². The van der Waals surface area contributed by atoms with Crippen molar-refractivity contribution in [2.75, 3.05) is 0 Å². The minimum atomic E-state index is -2.40. The molecule has 138 valence electrons. The molecular weight excluding hydrogens is 399 g/mol. The van der Waals surface area contributed by atoms with E-state index in [1.54, 1.807) is 0 Å². The SMILES string of the molecule is CCCCCCCCCCC[CH2][Sn]([CH2]C)([CH2]C)[O]c1ccccc1. The van der Waals surface area contributed by atoms with E-state index in [1.165, 1.54) is 77.5 Å². The zero-order valence-electron chi connectivity index (χ0n) is 16.5. The van der Waals surface area contributed by atoms with Gasteiger partial charge in [-0.3, -0.25) is 0 Å². The Bertz CT molecular complexity index is 386. The predicted molar refractivity (Wildman–Crippen MR) is 110 cm³/mol. The van der Waals surface area contributed by atoms with Crippen LogP contribution in [0.3, 0.4) is 0 Å². The Morgan fingerprint density at radius 3 is 1.67 bits per heavy atom. The van der Waals surface area contributed by atoms with Crippen molar-refractivity contribution in [1.29, 1.82) is 0 Å². The average Bonchev–Trinajstić information content (AvgIpc) is 2.63. The van der Waals surface area contributed by atoms with Crippen molar-refractivity contribution in [2.45, 2.75) is 98.3 Å². The summed E-state index contributed by atoms with van der Waals surface area (Å²) in [5, 5.41) is 0. The van der Waals surface area contributed by atoms with Gasteiger partial charge in [0.2, 0.25) is 0 Å². The van der Waals surface area contributed by atoms with Crippen LogP contribution < -0.4 is 3.07 Å². The summed E-state index contributed by atoms with van der Waals surface area (Å²) in [6.45, 7) is 7.01. The summed E-state index contributed by atoms with van der Waals surface area (Å²) in [5.41, 5.74) is 0. The van der Waals surface area contributed by atoms with Gasteiger partial charge in [0.25, 0.3) is 0 Å². The summed E-state index contributed by atoms with van der Waals surface area (Å²) in [5.74, 6) is 1.11. The monoisotopic (exact) mass is 440 g/mol. The van der Waals surface area contributed by atoms with Crippen molar-refractivity contribution < 1.29 is 3.07 Å². The normalized spacial score (nSPS) is 11.6. The van der Waals surface area contributed by atoms with Crippen LogP contribution in [-0.4, -0.2) is 18.8 Å². The minimum absolute atomic E-state index is 1.11. The third-order valence-electron chi connectivity index (χ3n) is 5.35. The number of rotatable bonds is 15. The maximum atomic E-state index is 6.59. The number of para-hydroxylation sites is 1. The van der Waals surface area contributed by atoms with Crippen LogP contribution in [0.25, 0.3) is 0 Å². The van der Waals surface area contributed by atoms with Crippen molar-refractivity contribution >= 4 is 18.8 Å². The molecule has 2 heteroatoms. The Morgan fingerprint density at radius 1 is 0.667 bits per heavy atom. The van der Waals surface area contributed by atoms with Crippen molar-refractivity contribution in [1.82, 2.24) is 0 Å². The molecule has 0 N–H and O–H groups in total. The van der Waals surface area contributed by atoms with E-state index in [1.807, 2.05) is 0 Å². The first-order valence-corrected chi connectivity index (χ1v) is 17.7. The number of benzene rings is 1. The van der Waals surface area contributed by atoms with Crippen LogP contribution in [0.2, 0.25) is 13.3 Å². The van der Waals surface area contributed by atoms with Gasteiger partial charge in [0, 0.05) is 0 Å². The van der Waals surface area contributed by atoms with E-state index >= 15 is 0 Å². The Balaban J connectivity index is 2.17.